The Morgan fingerprint density at radius 3 is 2.35 bits per heavy atom. The van der Waals surface area contributed by atoms with E-state index in [-0.39, 0.29) is 5.57 Å². The Balaban J connectivity index is 1.68. The Hall–Kier alpha value is -4.08. The molecule has 0 atom stereocenters. The molecule has 4 rings (SSSR count). The lowest BCUT2D eigenvalue weighted by Gasteiger charge is -2.05. The van der Waals surface area contributed by atoms with Gasteiger partial charge in [-0.2, -0.15) is 10.4 Å². The maximum absolute atomic E-state index is 12.8. The minimum atomic E-state index is -0.417. The molecule has 0 aliphatic rings. The Labute approximate surface area is 203 Å². The first-order valence-electron chi connectivity index (χ1n) is 11.0. The summed E-state index contributed by atoms with van der Waals surface area (Å²) in [5.74, 6) is 0.582. The van der Waals surface area contributed by atoms with Crippen molar-refractivity contribution >= 4 is 23.7 Å². The van der Waals surface area contributed by atoms with E-state index in [4.69, 9.17) is 5.10 Å². The minimum Gasteiger partial charge on any atom is -0.347 e. The standard InChI is InChI=1S/C28H24N4OS/c1-2-34-26-15-13-22(14-16-26)27-24(20-32(31-27)25-11-7-4-8-12-25)17-23(18-29)28(33)30-19-21-9-5-3-6-10-21/h3-17,20H,2,19H2,1H3,(H,30,33). The lowest BCUT2D eigenvalue weighted by molar-refractivity contribution is -0.117. The second-order valence-electron chi connectivity index (χ2n) is 7.51. The third kappa shape index (κ3) is 5.64. The molecule has 1 N–H and O–H groups in total. The van der Waals surface area contributed by atoms with Crippen molar-refractivity contribution in [1.29, 1.82) is 5.26 Å². The van der Waals surface area contributed by atoms with Crippen molar-refractivity contribution in [3.05, 3.63) is 108 Å². The van der Waals surface area contributed by atoms with Gasteiger partial charge >= 0.3 is 0 Å². The second-order valence-corrected chi connectivity index (χ2v) is 8.85. The lowest BCUT2D eigenvalue weighted by Crippen LogP contribution is -2.23. The topological polar surface area (TPSA) is 70.7 Å². The highest BCUT2D eigenvalue weighted by molar-refractivity contribution is 7.99. The van der Waals surface area contributed by atoms with Crippen LogP contribution in [0.15, 0.2) is 102 Å². The fraction of sp³-hybridized carbons (Fsp3) is 0.107. The number of amides is 1. The molecule has 0 saturated heterocycles. The average molecular weight is 465 g/mol. The summed E-state index contributed by atoms with van der Waals surface area (Å²) in [4.78, 5) is 13.9. The van der Waals surface area contributed by atoms with Crippen LogP contribution in [0.3, 0.4) is 0 Å². The highest BCUT2D eigenvalue weighted by atomic mass is 32.2. The summed E-state index contributed by atoms with van der Waals surface area (Å²) in [6, 6.07) is 29.6. The molecule has 0 unspecified atom stereocenters. The molecular weight excluding hydrogens is 440 g/mol. The summed E-state index contributed by atoms with van der Waals surface area (Å²) < 4.78 is 1.77. The van der Waals surface area contributed by atoms with E-state index in [1.54, 1.807) is 22.5 Å². The van der Waals surface area contributed by atoms with E-state index < -0.39 is 5.91 Å². The molecule has 0 fully saturated rings. The quantitative estimate of drug-likeness (QED) is 0.201. The Kier molecular flexibility index (Phi) is 7.59. The summed E-state index contributed by atoms with van der Waals surface area (Å²) in [5.41, 5.74) is 4.22. The van der Waals surface area contributed by atoms with Crippen molar-refractivity contribution in [3.8, 4) is 23.0 Å². The van der Waals surface area contributed by atoms with Gasteiger partial charge < -0.3 is 5.32 Å². The third-order valence-electron chi connectivity index (χ3n) is 5.16. The number of hydrogen-bond acceptors (Lipinski definition) is 4. The zero-order valence-corrected chi connectivity index (χ0v) is 19.6. The van der Waals surface area contributed by atoms with Gasteiger partial charge in [-0.05, 0) is 41.7 Å². The van der Waals surface area contributed by atoms with Gasteiger partial charge in [0.15, 0.2) is 0 Å². The van der Waals surface area contributed by atoms with Crippen molar-refractivity contribution in [2.45, 2.75) is 18.4 Å². The summed E-state index contributed by atoms with van der Waals surface area (Å²) >= 11 is 1.77. The van der Waals surface area contributed by atoms with Gasteiger partial charge in [0.1, 0.15) is 11.6 Å². The summed E-state index contributed by atoms with van der Waals surface area (Å²) in [6.07, 6.45) is 3.46. The van der Waals surface area contributed by atoms with Gasteiger partial charge in [0.25, 0.3) is 5.91 Å². The van der Waals surface area contributed by atoms with Crippen molar-refractivity contribution in [2.24, 2.45) is 0 Å². The number of nitrogens with zero attached hydrogens (tertiary/aromatic N) is 3. The van der Waals surface area contributed by atoms with E-state index in [0.29, 0.717) is 17.8 Å². The largest absolute Gasteiger partial charge is 0.347 e. The molecule has 0 spiro atoms. The van der Waals surface area contributed by atoms with Gasteiger partial charge in [0.05, 0.1) is 11.4 Å². The lowest BCUT2D eigenvalue weighted by atomic mass is 10.1. The number of rotatable bonds is 8. The van der Waals surface area contributed by atoms with Crippen LogP contribution in [0.4, 0.5) is 0 Å². The summed E-state index contributed by atoms with van der Waals surface area (Å²) in [5, 5.41) is 17.3. The van der Waals surface area contributed by atoms with Crippen molar-refractivity contribution in [1.82, 2.24) is 15.1 Å². The highest BCUT2D eigenvalue weighted by Crippen LogP contribution is 2.28. The van der Waals surface area contributed by atoms with Gasteiger partial charge in [-0.1, -0.05) is 67.6 Å². The molecule has 3 aromatic carbocycles. The summed E-state index contributed by atoms with van der Waals surface area (Å²) in [6.45, 7) is 2.47. The molecule has 0 bridgehead atoms. The number of benzene rings is 3. The number of hydrogen-bond donors (Lipinski definition) is 1. The first-order valence-corrected chi connectivity index (χ1v) is 12.0. The predicted molar refractivity (Wildman–Crippen MR) is 137 cm³/mol. The number of nitrogens with one attached hydrogen (secondary N) is 1. The monoisotopic (exact) mass is 464 g/mol. The molecule has 4 aromatic rings. The fourth-order valence-electron chi connectivity index (χ4n) is 3.48. The molecule has 1 heterocycles. The van der Waals surface area contributed by atoms with Crippen molar-refractivity contribution in [2.75, 3.05) is 5.75 Å². The smallest absolute Gasteiger partial charge is 0.262 e. The molecule has 6 heteroatoms. The van der Waals surface area contributed by atoms with Gasteiger partial charge in [0.2, 0.25) is 0 Å². The normalized spacial score (nSPS) is 11.1. The number of nitriles is 1. The zero-order chi connectivity index (χ0) is 23.8. The van der Waals surface area contributed by atoms with Crippen LogP contribution < -0.4 is 5.32 Å². The van der Waals surface area contributed by atoms with E-state index in [0.717, 1.165) is 22.6 Å². The molecular formula is C28H24N4OS. The third-order valence-corrected chi connectivity index (χ3v) is 6.06. The van der Waals surface area contributed by atoms with Gasteiger partial charge in [-0.3, -0.25) is 4.79 Å². The maximum atomic E-state index is 12.8. The number of carbonyl (C=O) groups excluding carboxylic acids is 1. The molecule has 0 saturated carbocycles. The molecule has 0 radical (unpaired) electrons. The van der Waals surface area contributed by atoms with Crippen LogP contribution in [0, 0.1) is 11.3 Å². The van der Waals surface area contributed by atoms with Crippen LogP contribution in [-0.4, -0.2) is 21.4 Å². The Bertz CT molecular complexity index is 1320. The first kappa shape index (κ1) is 23.1. The van der Waals surface area contributed by atoms with E-state index >= 15 is 0 Å². The minimum absolute atomic E-state index is 0.0305. The van der Waals surface area contributed by atoms with E-state index in [1.165, 1.54) is 4.90 Å². The Morgan fingerprint density at radius 2 is 1.71 bits per heavy atom. The zero-order valence-electron chi connectivity index (χ0n) is 18.8. The second kappa shape index (κ2) is 11.2. The van der Waals surface area contributed by atoms with Crippen LogP contribution in [0.1, 0.15) is 18.1 Å². The molecule has 0 aliphatic carbocycles. The van der Waals surface area contributed by atoms with Gasteiger partial charge in [-0.15, -0.1) is 11.8 Å². The SMILES string of the molecule is CCSc1ccc(-c2nn(-c3ccccc3)cc2C=C(C#N)C(=O)NCc2ccccc2)cc1. The van der Waals surface area contributed by atoms with Gasteiger partial charge in [-0.25, -0.2) is 4.68 Å². The Morgan fingerprint density at radius 1 is 1.03 bits per heavy atom. The summed E-state index contributed by atoms with van der Waals surface area (Å²) in [7, 11) is 0. The van der Waals surface area contributed by atoms with Gasteiger partial charge in [0, 0.05) is 28.8 Å². The van der Waals surface area contributed by atoms with E-state index in [2.05, 4.69) is 24.4 Å². The molecule has 1 aromatic heterocycles. The average Bonchev–Trinajstić information content (AvgIpc) is 3.31. The molecule has 168 valence electrons. The number of para-hydroxylation sites is 1. The van der Waals surface area contributed by atoms with E-state index in [1.807, 2.05) is 85.1 Å². The van der Waals surface area contributed by atoms with E-state index in [9.17, 15) is 10.1 Å². The maximum Gasteiger partial charge on any atom is 0.262 e. The molecule has 1 amide bonds. The van der Waals surface area contributed by atoms with Crippen LogP contribution in [0.2, 0.25) is 0 Å². The van der Waals surface area contributed by atoms with Crippen molar-refractivity contribution in [3.63, 3.8) is 0 Å². The number of thioether (sulfide) groups is 1. The van der Waals surface area contributed by atoms with Crippen LogP contribution >= 0.6 is 11.8 Å². The molecule has 0 aliphatic heterocycles. The predicted octanol–water partition coefficient (Wildman–Crippen LogP) is 5.87. The number of aromatic nitrogens is 2. The van der Waals surface area contributed by atoms with Crippen LogP contribution in [0.25, 0.3) is 23.0 Å². The number of carbonyl (C=O) groups is 1. The fourth-order valence-corrected chi connectivity index (χ4v) is 4.15. The van der Waals surface area contributed by atoms with Crippen LogP contribution in [0.5, 0.6) is 0 Å². The molecule has 5 nitrogen and oxygen atoms in total. The molecule has 34 heavy (non-hydrogen) atoms. The van der Waals surface area contributed by atoms with Crippen molar-refractivity contribution < 1.29 is 4.79 Å². The van der Waals surface area contributed by atoms with Crippen LogP contribution in [-0.2, 0) is 11.3 Å². The first-order chi connectivity index (χ1) is 16.7. The highest BCUT2D eigenvalue weighted by Gasteiger charge is 2.15.